The standard InChI is InChI=1S/C17H17N3O2S2/c1-9-4-2-5-10(8-9)19-16(23)15(22)20-17-13(14(18)21)11-6-3-7-12(11)24-17/h2,4-5,8H,3,6-7H2,1H3,(H2,18,21)(H,19,23)(H,20,22). The van der Waals surface area contributed by atoms with Crippen LogP contribution in [-0.2, 0) is 17.6 Å². The maximum Gasteiger partial charge on any atom is 0.284 e. The summed E-state index contributed by atoms with van der Waals surface area (Å²) in [4.78, 5) is 25.3. The second-order valence-corrected chi connectivity index (χ2v) is 7.22. The van der Waals surface area contributed by atoms with Gasteiger partial charge in [0.05, 0.1) is 5.56 Å². The van der Waals surface area contributed by atoms with Gasteiger partial charge in [0.15, 0.2) is 4.99 Å². The number of hydrogen-bond acceptors (Lipinski definition) is 4. The first-order valence-electron chi connectivity index (χ1n) is 7.59. The minimum atomic E-state index is -0.512. The highest BCUT2D eigenvalue weighted by atomic mass is 32.1. The Morgan fingerprint density at radius 3 is 2.75 bits per heavy atom. The molecule has 4 N–H and O–H groups in total. The van der Waals surface area contributed by atoms with Crippen LogP contribution in [0, 0.1) is 6.92 Å². The molecule has 1 heterocycles. The molecule has 124 valence electrons. The molecule has 5 nitrogen and oxygen atoms in total. The number of carbonyl (C=O) groups excluding carboxylic acids is 2. The van der Waals surface area contributed by atoms with Gasteiger partial charge in [-0.3, -0.25) is 9.59 Å². The summed E-state index contributed by atoms with van der Waals surface area (Å²) in [6.45, 7) is 1.96. The molecule has 0 atom stereocenters. The van der Waals surface area contributed by atoms with Crippen LogP contribution in [0.4, 0.5) is 10.7 Å². The predicted molar refractivity (Wildman–Crippen MR) is 101 cm³/mol. The Labute approximate surface area is 149 Å². The third kappa shape index (κ3) is 3.32. The fraction of sp³-hybridized carbons (Fsp3) is 0.235. The molecule has 0 saturated heterocycles. The lowest BCUT2D eigenvalue weighted by molar-refractivity contribution is -0.110. The van der Waals surface area contributed by atoms with E-state index >= 15 is 0 Å². The van der Waals surface area contributed by atoms with Crippen molar-refractivity contribution in [3.8, 4) is 0 Å². The fourth-order valence-corrected chi connectivity index (χ4v) is 4.28. The number of rotatable bonds is 3. The second kappa shape index (κ2) is 6.70. The first-order valence-corrected chi connectivity index (χ1v) is 8.81. The largest absolute Gasteiger partial charge is 0.365 e. The van der Waals surface area contributed by atoms with Crippen LogP contribution in [0.1, 0.15) is 32.8 Å². The van der Waals surface area contributed by atoms with Crippen molar-refractivity contribution in [1.29, 1.82) is 0 Å². The van der Waals surface area contributed by atoms with Crippen molar-refractivity contribution in [2.24, 2.45) is 5.73 Å². The van der Waals surface area contributed by atoms with E-state index in [0.29, 0.717) is 10.6 Å². The second-order valence-electron chi connectivity index (χ2n) is 5.70. The Kier molecular flexibility index (Phi) is 4.64. The van der Waals surface area contributed by atoms with E-state index in [-0.39, 0.29) is 4.99 Å². The molecule has 3 rings (SSSR count). The molecular weight excluding hydrogens is 342 g/mol. The van der Waals surface area contributed by atoms with E-state index in [1.807, 2.05) is 31.2 Å². The Morgan fingerprint density at radius 1 is 1.25 bits per heavy atom. The number of primary amides is 1. The number of hydrogen-bond donors (Lipinski definition) is 3. The summed E-state index contributed by atoms with van der Waals surface area (Å²) in [6, 6.07) is 7.57. The molecule has 2 aromatic rings. The number of amides is 2. The number of thiocarbonyl (C=S) groups is 1. The Hall–Kier alpha value is -2.25. The highest BCUT2D eigenvalue weighted by Gasteiger charge is 2.26. The minimum absolute atomic E-state index is 0.0459. The van der Waals surface area contributed by atoms with Crippen LogP contribution in [0.5, 0.6) is 0 Å². The van der Waals surface area contributed by atoms with Gasteiger partial charge in [0.25, 0.3) is 11.8 Å². The summed E-state index contributed by atoms with van der Waals surface area (Å²) >= 11 is 6.57. The first-order chi connectivity index (χ1) is 11.5. The molecule has 0 fully saturated rings. The molecule has 1 aromatic carbocycles. The number of fused-ring (bicyclic) bond motifs is 1. The zero-order valence-corrected chi connectivity index (χ0v) is 14.8. The molecule has 24 heavy (non-hydrogen) atoms. The smallest absolute Gasteiger partial charge is 0.284 e. The van der Waals surface area contributed by atoms with Gasteiger partial charge in [0, 0.05) is 10.6 Å². The molecule has 0 unspecified atom stereocenters. The van der Waals surface area contributed by atoms with Crippen molar-refractivity contribution in [2.45, 2.75) is 26.2 Å². The van der Waals surface area contributed by atoms with Crippen molar-refractivity contribution in [2.75, 3.05) is 10.6 Å². The van der Waals surface area contributed by atoms with Crippen molar-refractivity contribution in [3.05, 3.63) is 45.8 Å². The summed E-state index contributed by atoms with van der Waals surface area (Å²) in [5.41, 5.74) is 8.71. The van der Waals surface area contributed by atoms with Crippen LogP contribution in [-0.4, -0.2) is 16.8 Å². The van der Waals surface area contributed by atoms with Crippen LogP contribution < -0.4 is 16.4 Å². The Bertz CT molecular complexity index is 842. The number of thiophene rings is 1. The zero-order valence-electron chi connectivity index (χ0n) is 13.1. The number of carbonyl (C=O) groups is 2. The zero-order chi connectivity index (χ0) is 17.3. The van der Waals surface area contributed by atoms with Crippen LogP contribution in [0.25, 0.3) is 0 Å². The first kappa shape index (κ1) is 16.6. The average molecular weight is 359 g/mol. The third-order valence-electron chi connectivity index (χ3n) is 3.88. The van der Waals surface area contributed by atoms with Gasteiger partial charge in [-0.1, -0.05) is 24.4 Å². The fourth-order valence-electron chi connectivity index (χ4n) is 2.82. The lowest BCUT2D eigenvalue weighted by atomic mass is 10.1. The number of aryl methyl sites for hydroxylation is 2. The van der Waals surface area contributed by atoms with Crippen LogP contribution in [0.15, 0.2) is 24.3 Å². The summed E-state index contributed by atoms with van der Waals surface area (Å²) in [6.07, 6.45) is 2.76. The molecule has 0 saturated carbocycles. The molecule has 0 aliphatic heterocycles. The summed E-state index contributed by atoms with van der Waals surface area (Å²) in [5.74, 6) is -0.962. The van der Waals surface area contributed by atoms with E-state index in [9.17, 15) is 9.59 Å². The predicted octanol–water partition coefficient (Wildman–Crippen LogP) is 3.02. The quantitative estimate of drug-likeness (QED) is 0.736. The molecule has 1 aliphatic carbocycles. The van der Waals surface area contributed by atoms with E-state index < -0.39 is 11.8 Å². The molecule has 1 aliphatic rings. The molecule has 2 amide bonds. The van der Waals surface area contributed by atoms with Crippen LogP contribution in [0.3, 0.4) is 0 Å². The molecule has 0 bridgehead atoms. The van der Waals surface area contributed by atoms with Crippen molar-refractivity contribution in [1.82, 2.24) is 0 Å². The monoisotopic (exact) mass is 359 g/mol. The van der Waals surface area contributed by atoms with Gasteiger partial charge < -0.3 is 16.4 Å². The molecule has 1 aromatic heterocycles. The normalized spacial score (nSPS) is 12.5. The van der Waals surface area contributed by atoms with Crippen LogP contribution in [0.2, 0.25) is 0 Å². The van der Waals surface area contributed by atoms with Crippen LogP contribution >= 0.6 is 23.6 Å². The summed E-state index contributed by atoms with van der Waals surface area (Å²) in [5, 5.41) is 6.13. The van der Waals surface area contributed by atoms with Gasteiger partial charge >= 0.3 is 0 Å². The Morgan fingerprint density at radius 2 is 2.04 bits per heavy atom. The third-order valence-corrected chi connectivity index (χ3v) is 5.37. The summed E-state index contributed by atoms with van der Waals surface area (Å²) < 4.78 is 0. The molecule has 0 radical (unpaired) electrons. The van der Waals surface area contributed by atoms with Crippen molar-refractivity contribution < 1.29 is 9.59 Å². The minimum Gasteiger partial charge on any atom is -0.365 e. The average Bonchev–Trinajstić information content (AvgIpc) is 3.06. The number of nitrogens with two attached hydrogens (primary N) is 1. The van der Waals surface area contributed by atoms with E-state index in [2.05, 4.69) is 10.6 Å². The van der Waals surface area contributed by atoms with E-state index in [0.717, 1.165) is 41.0 Å². The highest BCUT2D eigenvalue weighted by molar-refractivity contribution is 7.82. The lowest BCUT2D eigenvalue weighted by Gasteiger charge is -2.09. The van der Waals surface area contributed by atoms with Gasteiger partial charge in [-0.25, -0.2) is 0 Å². The van der Waals surface area contributed by atoms with E-state index in [1.165, 1.54) is 11.3 Å². The number of anilines is 2. The summed E-state index contributed by atoms with van der Waals surface area (Å²) in [7, 11) is 0. The van der Waals surface area contributed by atoms with Gasteiger partial charge in [-0.2, -0.15) is 0 Å². The van der Waals surface area contributed by atoms with Crippen molar-refractivity contribution >= 4 is 51.0 Å². The maximum atomic E-state index is 12.3. The van der Waals surface area contributed by atoms with Gasteiger partial charge in [0.1, 0.15) is 5.00 Å². The van der Waals surface area contributed by atoms with E-state index in [4.69, 9.17) is 18.0 Å². The maximum absolute atomic E-state index is 12.3. The number of benzene rings is 1. The topological polar surface area (TPSA) is 84.2 Å². The Balaban J connectivity index is 1.75. The van der Waals surface area contributed by atoms with Gasteiger partial charge in [-0.15, -0.1) is 11.3 Å². The van der Waals surface area contributed by atoms with E-state index in [1.54, 1.807) is 0 Å². The molecular formula is C17H17N3O2S2. The number of nitrogens with one attached hydrogen (secondary N) is 2. The lowest BCUT2D eigenvalue weighted by Crippen LogP contribution is -2.28. The van der Waals surface area contributed by atoms with Gasteiger partial charge in [-0.05, 0) is 49.4 Å². The SMILES string of the molecule is Cc1cccc(NC(=S)C(=O)Nc2sc3c(c2C(N)=O)CCC3)c1. The highest BCUT2D eigenvalue weighted by Crippen LogP contribution is 2.38. The molecule has 0 spiro atoms. The molecule has 7 heteroatoms. The van der Waals surface area contributed by atoms with Crippen molar-refractivity contribution in [3.63, 3.8) is 0 Å². The van der Waals surface area contributed by atoms with Gasteiger partial charge in [0.2, 0.25) is 0 Å².